The summed E-state index contributed by atoms with van der Waals surface area (Å²) in [5.41, 5.74) is 0.167. The van der Waals surface area contributed by atoms with Gasteiger partial charge in [0, 0.05) is 31.4 Å². The lowest BCUT2D eigenvalue weighted by molar-refractivity contribution is -0.163. The van der Waals surface area contributed by atoms with Gasteiger partial charge in [0.1, 0.15) is 17.7 Å². The van der Waals surface area contributed by atoms with Gasteiger partial charge >= 0.3 is 5.97 Å². The van der Waals surface area contributed by atoms with Gasteiger partial charge in [-0.3, -0.25) is 19.2 Å². The van der Waals surface area contributed by atoms with Crippen molar-refractivity contribution in [2.75, 3.05) is 26.9 Å². The van der Waals surface area contributed by atoms with Crippen molar-refractivity contribution in [1.29, 1.82) is 0 Å². The van der Waals surface area contributed by atoms with Gasteiger partial charge in [-0.1, -0.05) is 88.7 Å². The van der Waals surface area contributed by atoms with E-state index < -0.39 is 66.3 Å². The number of likely N-dealkylation sites (tertiary alicyclic amines) is 1. The lowest BCUT2D eigenvalue weighted by Crippen LogP contribution is -2.58. The van der Waals surface area contributed by atoms with E-state index in [4.69, 9.17) is 14.2 Å². The number of aliphatic hydroxyl groups excluding tert-OH is 1. The Labute approximate surface area is 301 Å². The summed E-state index contributed by atoms with van der Waals surface area (Å²) in [6.07, 6.45) is 2.52. The lowest BCUT2D eigenvalue weighted by Gasteiger charge is -2.38. The molecule has 50 heavy (non-hydrogen) atoms. The van der Waals surface area contributed by atoms with Crippen LogP contribution in [0.5, 0.6) is 0 Å². The molecule has 3 saturated heterocycles. The van der Waals surface area contributed by atoms with Crippen LogP contribution in [-0.4, -0.2) is 100 Å². The number of carbonyl (C=O) groups excluding carboxylic acids is 4. The van der Waals surface area contributed by atoms with E-state index in [2.05, 4.69) is 34.4 Å². The molecule has 0 aromatic heterocycles. The van der Waals surface area contributed by atoms with Gasteiger partial charge in [-0.05, 0) is 30.9 Å². The number of rotatable bonds is 17. The van der Waals surface area contributed by atoms with Crippen molar-refractivity contribution < 1.29 is 38.5 Å². The van der Waals surface area contributed by atoms with Crippen LogP contribution in [0, 0.1) is 11.8 Å². The first-order valence-corrected chi connectivity index (χ1v) is 17.9. The van der Waals surface area contributed by atoms with Crippen molar-refractivity contribution in [2.45, 2.75) is 73.5 Å². The summed E-state index contributed by atoms with van der Waals surface area (Å²) in [4.78, 5) is 59.2. The fraction of sp³-hybridized carbons (Fsp3) is 0.474. The Balaban J connectivity index is 1.50. The number of allylic oxidation sites excluding steroid dienone is 1. The smallest absolute Gasteiger partial charge is 0.313 e. The molecule has 0 saturated carbocycles. The number of methoxy groups -OCH3 is 1. The normalized spacial score (nSPS) is 26.8. The first-order chi connectivity index (χ1) is 24.1. The number of benzene rings is 2. The van der Waals surface area contributed by atoms with Gasteiger partial charge in [-0.15, -0.1) is 13.2 Å². The molecule has 0 aliphatic carbocycles. The van der Waals surface area contributed by atoms with Crippen LogP contribution in [0.2, 0.25) is 0 Å². The average molecular weight is 753 g/mol. The van der Waals surface area contributed by atoms with Crippen molar-refractivity contribution in [3.8, 4) is 0 Å². The van der Waals surface area contributed by atoms with Crippen molar-refractivity contribution in [3.05, 3.63) is 97.1 Å². The van der Waals surface area contributed by atoms with Crippen molar-refractivity contribution >= 4 is 39.6 Å². The third-order valence-corrected chi connectivity index (χ3v) is 10.7. The zero-order valence-electron chi connectivity index (χ0n) is 28.5. The highest BCUT2D eigenvalue weighted by Gasteiger charge is 2.77. The number of amides is 3. The number of nitrogens with zero attached hydrogens (tertiary/aromatic N) is 2. The Morgan fingerprint density at radius 2 is 1.82 bits per heavy atom. The molecule has 268 valence electrons. The topological polar surface area (TPSA) is 135 Å². The SMILES string of the molecule is C=CCCC(=O)N[C@H](COC)[C@H](OC(=O)[C@@H]1[C@H]2O[C@@]3(CC2Br)[C@H](C(=O)N(CC=C)Cc2ccccc2)N([C@H](C)CO)C(=O)[C@@H]13)c1ccccc1. The van der Waals surface area contributed by atoms with Crippen molar-refractivity contribution in [2.24, 2.45) is 11.8 Å². The van der Waals surface area contributed by atoms with Gasteiger partial charge in [0.05, 0.1) is 43.2 Å². The van der Waals surface area contributed by atoms with Gasteiger partial charge in [0.15, 0.2) is 0 Å². The van der Waals surface area contributed by atoms with E-state index >= 15 is 0 Å². The first kappa shape index (κ1) is 37.4. The summed E-state index contributed by atoms with van der Waals surface area (Å²) in [5, 5.41) is 13.3. The van der Waals surface area contributed by atoms with Crippen LogP contribution in [0.15, 0.2) is 86.0 Å². The largest absolute Gasteiger partial charge is 0.455 e. The third-order valence-electron chi connectivity index (χ3n) is 9.85. The highest BCUT2D eigenvalue weighted by molar-refractivity contribution is 9.09. The van der Waals surface area contributed by atoms with Crippen LogP contribution in [-0.2, 0) is 39.9 Å². The number of nitrogens with one attached hydrogen (secondary N) is 1. The van der Waals surface area contributed by atoms with Crippen LogP contribution in [0.1, 0.15) is 43.4 Å². The van der Waals surface area contributed by atoms with Crippen LogP contribution >= 0.6 is 15.9 Å². The lowest BCUT2D eigenvalue weighted by atomic mass is 9.70. The second-order valence-corrected chi connectivity index (χ2v) is 14.3. The predicted molar refractivity (Wildman–Crippen MR) is 190 cm³/mol. The molecule has 11 nitrogen and oxygen atoms in total. The summed E-state index contributed by atoms with van der Waals surface area (Å²) in [6.45, 7) is 9.34. The molecule has 3 aliphatic heterocycles. The molecule has 2 bridgehead atoms. The number of carbonyl (C=O) groups is 4. The van der Waals surface area contributed by atoms with Crippen LogP contribution in [0.4, 0.5) is 0 Å². The Kier molecular flexibility index (Phi) is 12.3. The molecule has 2 aromatic rings. The summed E-state index contributed by atoms with van der Waals surface area (Å²) in [6, 6.07) is 15.9. The van der Waals surface area contributed by atoms with E-state index in [0.717, 1.165) is 5.56 Å². The van der Waals surface area contributed by atoms with Gasteiger partial charge in [-0.25, -0.2) is 0 Å². The van der Waals surface area contributed by atoms with E-state index in [1.165, 1.54) is 12.0 Å². The number of aliphatic hydroxyl groups is 1. The zero-order valence-corrected chi connectivity index (χ0v) is 30.1. The van der Waals surface area contributed by atoms with Gasteiger partial charge in [0.25, 0.3) is 0 Å². The molecule has 3 aliphatic rings. The Morgan fingerprint density at radius 3 is 2.44 bits per heavy atom. The summed E-state index contributed by atoms with van der Waals surface area (Å²) in [7, 11) is 1.49. The number of fused-ring (bicyclic) bond motifs is 1. The molecule has 3 fully saturated rings. The molecule has 2 aromatic carbocycles. The molecule has 12 heteroatoms. The molecule has 9 atom stereocenters. The van der Waals surface area contributed by atoms with E-state index in [1.54, 1.807) is 48.2 Å². The van der Waals surface area contributed by atoms with E-state index in [9.17, 15) is 24.3 Å². The third kappa shape index (κ3) is 7.30. The molecule has 2 N–H and O–H groups in total. The summed E-state index contributed by atoms with van der Waals surface area (Å²) < 4.78 is 18.4. The molecule has 0 radical (unpaired) electrons. The standard InChI is InChI=1S/C38H46BrN3O8/c1-5-7-18-29(44)40-28(23-48-4)32(26-16-12-9-13-17-26)49-37(47)30-31-35(45)42(24(3)22-43)34(38(31)20-27(39)33(30)50-38)36(46)41(19-6-2)21-25-14-10-8-11-15-25/h5-6,8-17,24,27-28,30-34,43H,1-2,7,18-23H2,3-4H3,(H,40,44)/t24-,27?,28-,30+,31-,32-,33+,34+,38-/m1/s1. The quantitative estimate of drug-likeness (QED) is 0.142. The van der Waals surface area contributed by atoms with Crippen LogP contribution in [0.25, 0.3) is 0 Å². The van der Waals surface area contributed by atoms with Crippen molar-refractivity contribution in [1.82, 2.24) is 15.1 Å². The highest BCUT2D eigenvalue weighted by atomic mass is 79.9. The zero-order chi connectivity index (χ0) is 36.0. The van der Waals surface area contributed by atoms with Gasteiger partial charge in [0.2, 0.25) is 17.7 Å². The van der Waals surface area contributed by atoms with Gasteiger partial charge in [-0.2, -0.15) is 0 Å². The minimum absolute atomic E-state index is 0.0452. The second kappa shape index (κ2) is 16.5. The monoisotopic (exact) mass is 751 g/mol. The minimum atomic E-state index is -1.36. The maximum Gasteiger partial charge on any atom is 0.313 e. The van der Waals surface area contributed by atoms with E-state index in [1.807, 2.05) is 36.4 Å². The fourth-order valence-corrected chi connectivity index (χ4v) is 8.61. The Bertz CT molecular complexity index is 1540. The molecule has 3 amide bonds. The van der Waals surface area contributed by atoms with Crippen LogP contribution in [0.3, 0.4) is 0 Å². The van der Waals surface area contributed by atoms with Gasteiger partial charge < -0.3 is 34.4 Å². The Hall–Kier alpha value is -3.84. The number of halogens is 1. The minimum Gasteiger partial charge on any atom is -0.455 e. The first-order valence-electron chi connectivity index (χ1n) is 16.9. The number of alkyl halides is 1. The summed E-state index contributed by atoms with van der Waals surface area (Å²) in [5.74, 6) is -3.87. The molecule has 1 unspecified atom stereocenters. The maximum atomic E-state index is 14.7. The van der Waals surface area contributed by atoms with Crippen LogP contribution < -0.4 is 5.32 Å². The predicted octanol–water partition coefficient (Wildman–Crippen LogP) is 3.71. The average Bonchev–Trinajstić information content (AvgIpc) is 3.72. The maximum absolute atomic E-state index is 14.7. The number of hydrogen-bond acceptors (Lipinski definition) is 8. The number of hydrogen-bond donors (Lipinski definition) is 2. The number of esters is 1. The highest BCUT2D eigenvalue weighted by Crippen LogP contribution is 2.61. The van der Waals surface area contributed by atoms with Crippen molar-refractivity contribution in [3.63, 3.8) is 0 Å². The molecule has 3 heterocycles. The Morgan fingerprint density at radius 1 is 1.14 bits per heavy atom. The molecular weight excluding hydrogens is 706 g/mol. The van der Waals surface area contributed by atoms with E-state index in [0.29, 0.717) is 18.4 Å². The fourth-order valence-electron chi connectivity index (χ4n) is 7.67. The molecule has 1 spiro atoms. The van der Waals surface area contributed by atoms with E-state index in [-0.39, 0.29) is 42.8 Å². The summed E-state index contributed by atoms with van der Waals surface area (Å²) >= 11 is 3.71. The number of ether oxygens (including phenoxy) is 3. The molecule has 5 rings (SSSR count). The molecular formula is C38H46BrN3O8. The second-order valence-electron chi connectivity index (χ2n) is 13.2.